The van der Waals surface area contributed by atoms with E-state index >= 15 is 0 Å². The molecule has 28 heavy (non-hydrogen) atoms. The number of amides is 1. The fraction of sp³-hybridized carbons (Fsp3) is 0.300. The standard InChI is InChI=1S/C20H21FN4O3/c1-14(12-17(26)15-6-4-7-16(21)13-15)19(27)22-9-5-11-25-20(28)24-10-3-2-8-18(24)23-25/h2-4,6-8,10,13-14H,5,9,11-12H2,1H3,(H,22,27). The van der Waals surface area contributed by atoms with E-state index in [2.05, 4.69) is 10.4 Å². The molecule has 0 spiro atoms. The number of nitrogens with zero attached hydrogens (tertiary/aromatic N) is 3. The van der Waals surface area contributed by atoms with E-state index in [0.717, 1.165) is 0 Å². The zero-order valence-electron chi connectivity index (χ0n) is 15.5. The van der Waals surface area contributed by atoms with E-state index in [0.29, 0.717) is 25.2 Å². The summed E-state index contributed by atoms with van der Waals surface area (Å²) in [5, 5.41) is 6.98. The molecule has 0 fully saturated rings. The van der Waals surface area contributed by atoms with Crippen LogP contribution >= 0.6 is 0 Å². The number of fused-ring (bicyclic) bond motifs is 1. The second-order valence-corrected chi connectivity index (χ2v) is 6.62. The molecule has 0 aliphatic carbocycles. The highest BCUT2D eigenvalue weighted by molar-refractivity contribution is 5.98. The molecule has 8 heteroatoms. The zero-order chi connectivity index (χ0) is 20.1. The third kappa shape index (κ3) is 4.51. The van der Waals surface area contributed by atoms with Gasteiger partial charge in [0.05, 0.1) is 0 Å². The number of aromatic nitrogens is 3. The molecule has 1 unspecified atom stereocenters. The molecule has 7 nitrogen and oxygen atoms in total. The van der Waals surface area contributed by atoms with Crippen LogP contribution in [0.3, 0.4) is 0 Å². The first kappa shape index (κ1) is 19.5. The Hall–Kier alpha value is -3.29. The number of Topliss-reactive ketones (excluding diaryl/α,β-unsaturated/α-hetero) is 1. The smallest absolute Gasteiger partial charge is 0.350 e. The molecule has 0 radical (unpaired) electrons. The number of carbonyl (C=O) groups excluding carboxylic acids is 2. The zero-order valence-corrected chi connectivity index (χ0v) is 15.5. The molecule has 0 saturated carbocycles. The molecule has 0 aliphatic heterocycles. The summed E-state index contributed by atoms with van der Waals surface area (Å²) < 4.78 is 16.0. The third-order valence-corrected chi connectivity index (χ3v) is 4.42. The first-order chi connectivity index (χ1) is 13.5. The van der Waals surface area contributed by atoms with Crippen molar-refractivity contribution < 1.29 is 14.0 Å². The molecular weight excluding hydrogens is 363 g/mol. The van der Waals surface area contributed by atoms with Crippen LogP contribution in [-0.2, 0) is 11.3 Å². The van der Waals surface area contributed by atoms with Gasteiger partial charge in [0.15, 0.2) is 11.4 Å². The molecule has 0 saturated heterocycles. The normalized spacial score (nSPS) is 12.1. The second kappa shape index (κ2) is 8.60. The first-order valence-corrected chi connectivity index (χ1v) is 9.06. The number of halogens is 1. The summed E-state index contributed by atoms with van der Waals surface area (Å²) in [6, 6.07) is 10.7. The van der Waals surface area contributed by atoms with Crippen molar-refractivity contribution in [3.8, 4) is 0 Å². The summed E-state index contributed by atoms with van der Waals surface area (Å²) in [6.45, 7) is 2.38. The van der Waals surface area contributed by atoms with Crippen LogP contribution in [0, 0.1) is 11.7 Å². The van der Waals surface area contributed by atoms with Gasteiger partial charge in [0.2, 0.25) is 5.91 Å². The third-order valence-electron chi connectivity index (χ3n) is 4.42. The van der Waals surface area contributed by atoms with Crippen molar-refractivity contribution in [3.05, 3.63) is 70.5 Å². The highest BCUT2D eigenvalue weighted by atomic mass is 19.1. The minimum Gasteiger partial charge on any atom is -0.356 e. The molecule has 146 valence electrons. The van der Waals surface area contributed by atoms with Gasteiger partial charge in [-0.2, -0.15) is 0 Å². The van der Waals surface area contributed by atoms with Crippen LogP contribution < -0.4 is 11.0 Å². The van der Waals surface area contributed by atoms with Gasteiger partial charge in [0.1, 0.15) is 5.82 Å². The lowest BCUT2D eigenvalue weighted by Gasteiger charge is -2.11. The largest absolute Gasteiger partial charge is 0.356 e. The van der Waals surface area contributed by atoms with Gasteiger partial charge in [-0.3, -0.25) is 14.0 Å². The molecule has 0 aliphatic rings. The number of pyridine rings is 1. The molecule has 1 aromatic carbocycles. The summed E-state index contributed by atoms with van der Waals surface area (Å²) in [7, 11) is 0. The fourth-order valence-electron chi connectivity index (χ4n) is 2.88. The van der Waals surface area contributed by atoms with Gasteiger partial charge in [-0.25, -0.2) is 13.9 Å². The Balaban J connectivity index is 1.46. The topological polar surface area (TPSA) is 85.5 Å². The maximum absolute atomic E-state index is 13.2. The van der Waals surface area contributed by atoms with Crippen LogP contribution in [0.25, 0.3) is 5.65 Å². The van der Waals surface area contributed by atoms with Gasteiger partial charge in [0, 0.05) is 37.2 Å². The van der Waals surface area contributed by atoms with Crippen LogP contribution in [0.1, 0.15) is 30.1 Å². The summed E-state index contributed by atoms with van der Waals surface area (Å²) in [4.78, 5) is 36.5. The summed E-state index contributed by atoms with van der Waals surface area (Å²) in [6.07, 6.45) is 2.18. The van der Waals surface area contributed by atoms with Gasteiger partial charge in [-0.05, 0) is 30.7 Å². The van der Waals surface area contributed by atoms with E-state index in [4.69, 9.17) is 0 Å². The van der Waals surface area contributed by atoms with E-state index < -0.39 is 11.7 Å². The van der Waals surface area contributed by atoms with E-state index in [9.17, 15) is 18.8 Å². The molecule has 0 bridgehead atoms. The Morgan fingerprint density at radius 3 is 2.79 bits per heavy atom. The number of aryl methyl sites for hydroxylation is 1. The highest BCUT2D eigenvalue weighted by Crippen LogP contribution is 2.11. The van der Waals surface area contributed by atoms with Crippen LogP contribution in [-0.4, -0.2) is 32.4 Å². The Kier molecular flexibility index (Phi) is 5.98. The summed E-state index contributed by atoms with van der Waals surface area (Å²) in [5.74, 6) is -1.55. The van der Waals surface area contributed by atoms with Crippen molar-refractivity contribution in [2.75, 3.05) is 6.54 Å². The lowest BCUT2D eigenvalue weighted by atomic mass is 9.99. The molecule has 1 atom stereocenters. The van der Waals surface area contributed by atoms with Gasteiger partial charge >= 0.3 is 5.69 Å². The summed E-state index contributed by atoms with van der Waals surface area (Å²) >= 11 is 0. The minimum atomic E-state index is -0.534. The monoisotopic (exact) mass is 384 g/mol. The number of ketones is 1. The van der Waals surface area contributed by atoms with Crippen molar-refractivity contribution in [2.45, 2.75) is 26.3 Å². The van der Waals surface area contributed by atoms with Crippen molar-refractivity contribution in [2.24, 2.45) is 5.92 Å². The average Bonchev–Trinajstić information content (AvgIpc) is 3.01. The Labute approximate surface area is 160 Å². The fourth-order valence-corrected chi connectivity index (χ4v) is 2.88. The SMILES string of the molecule is CC(CC(=O)c1cccc(F)c1)C(=O)NCCCn1nc2ccccn2c1=O. The van der Waals surface area contributed by atoms with Crippen LogP contribution in [0.4, 0.5) is 4.39 Å². The number of benzene rings is 1. The Morgan fingerprint density at radius 2 is 2.04 bits per heavy atom. The van der Waals surface area contributed by atoms with Crippen molar-refractivity contribution in [3.63, 3.8) is 0 Å². The summed E-state index contributed by atoms with van der Waals surface area (Å²) in [5.41, 5.74) is 0.600. The molecule has 2 aromatic heterocycles. The van der Waals surface area contributed by atoms with Gasteiger partial charge in [-0.15, -0.1) is 5.10 Å². The minimum absolute atomic E-state index is 0.00117. The van der Waals surface area contributed by atoms with Crippen molar-refractivity contribution in [1.29, 1.82) is 0 Å². The first-order valence-electron chi connectivity index (χ1n) is 9.06. The lowest BCUT2D eigenvalue weighted by molar-refractivity contribution is -0.124. The van der Waals surface area contributed by atoms with Crippen LogP contribution in [0.5, 0.6) is 0 Å². The number of hydrogen-bond acceptors (Lipinski definition) is 4. The van der Waals surface area contributed by atoms with Gasteiger partial charge in [0.25, 0.3) is 0 Å². The highest BCUT2D eigenvalue weighted by Gasteiger charge is 2.18. The second-order valence-electron chi connectivity index (χ2n) is 6.62. The molecule has 2 heterocycles. The Morgan fingerprint density at radius 1 is 1.21 bits per heavy atom. The number of hydrogen-bond donors (Lipinski definition) is 1. The maximum atomic E-state index is 13.2. The predicted octanol–water partition coefficient (Wildman–Crippen LogP) is 2.05. The van der Waals surface area contributed by atoms with E-state index in [-0.39, 0.29) is 29.4 Å². The number of rotatable bonds is 8. The average molecular weight is 384 g/mol. The van der Waals surface area contributed by atoms with Gasteiger partial charge < -0.3 is 5.32 Å². The molecule has 1 amide bonds. The van der Waals surface area contributed by atoms with E-state index in [1.54, 1.807) is 31.3 Å². The number of nitrogens with one attached hydrogen (secondary N) is 1. The molecule has 3 aromatic rings. The lowest BCUT2D eigenvalue weighted by Crippen LogP contribution is -2.32. The Bertz CT molecular complexity index is 1060. The van der Waals surface area contributed by atoms with Crippen molar-refractivity contribution >= 4 is 17.3 Å². The van der Waals surface area contributed by atoms with Crippen molar-refractivity contribution in [1.82, 2.24) is 19.5 Å². The molecule has 3 rings (SSSR count). The maximum Gasteiger partial charge on any atom is 0.350 e. The van der Waals surface area contributed by atoms with Crippen LogP contribution in [0.15, 0.2) is 53.5 Å². The van der Waals surface area contributed by atoms with Crippen LogP contribution in [0.2, 0.25) is 0 Å². The van der Waals surface area contributed by atoms with Gasteiger partial charge in [-0.1, -0.05) is 25.1 Å². The quantitative estimate of drug-likeness (QED) is 0.476. The van der Waals surface area contributed by atoms with E-state index in [1.807, 2.05) is 0 Å². The molecule has 1 N–H and O–H groups in total. The molecular formula is C20H21FN4O3. The predicted molar refractivity (Wildman–Crippen MR) is 102 cm³/mol. The van der Waals surface area contributed by atoms with E-state index in [1.165, 1.54) is 33.3 Å². The number of carbonyl (C=O) groups is 2.